The minimum atomic E-state index is 0.197. The van der Waals surface area contributed by atoms with E-state index in [-0.39, 0.29) is 6.04 Å². The van der Waals surface area contributed by atoms with E-state index in [1.54, 1.807) is 30.2 Å². The van der Waals surface area contributed by atoms with Crippen LogP contribution in [0.5, 0.6) is 0 Å². The highest BCUT2D eigenvalue weighted by molar-refractivity contribution is 7.98. The average Bonchev–Trinajstić information content (AvgIpc) is 2.41. The molecule has 0 saturated heterocycles. The summed E-state index contributed by atoms with van der Waals surface area (Å²) in [7, 11) is 0. The zero-order chi connectivity index (χ0) is 13.0. The molecule has 0 aliphatic rings. The van der Waals surface area contributed by atoms with Gasteiger partial charge in [-0.25, -0.2) is 0 Å². The van der Waals surface area contributed by atoms with Crippen molar-refractivity contribution in [3.8, 4) is 0 Å². The van der Waals surface area contributed by atoms with Crippen molar-refractivity contribution < 1.29 is 0 Å². The second kappa shape index (κ2) is 6.12. The molecule has 2 aromatic rings. The Kier molecular flexibility index (Phi) is 4.50. The van der Waals surface area contributed by atoms with E-state index in [0.717, 1.165) is 5.69 Å². The predicted molar refractivity (Wildman–Crippen MR) is 79.5 cm³/mol. The number of rotatable bonds is 4. The second-order valence-electron chi connectivity index (χ2n) is 3.99. The third kappa shape index (κ3) is 3.18. The summed E-state index contributed by atoms with van der Waals surface area (Å²) in [6, 6.07) is 10.5. The number of anilines is 1. The van der Waals surface area contributed by atoms with E-state index in [2.05, 4.69) is 47.7 Å². The van der Waals surface area contributed by atoms with E-state index in [9.17, 15) is 0 Å². The van der Waals surface area contributed by atoms with Crippen molar-refractivity contribution in [2.24, 2.45) is 0 Å². The lowest BCUT2D eigenvalue weighted by molar-refractivity contribution is 0.881. The molecule has 1 aromatic carbocycles. The number of halogens is 1. The summed E-state index contributed by atoms with van der Waals surface area (Å²) in [4.78, 5) is 5.34. The number of nitrogens with zero attached hydrogens (tertiary/aromatic N) is 1. The van der Waals surface area contributed by atoms with Crippen LogP contribution in [0.1, 0.15) is 18.5 Å². The minimum Gasteiger partial charge on any atom is -0.376 e. The molecule has 0 aliphatic carbocycles. The summed E-state index contributed by atoms with van der Waals surface area (Å²) in [6.07, 6.45) is 5.51. The van der Waals surface area contributed by atoms with Crippen molar-refractivity contribution in [3.63, 3.8) is 0 Å². The molecule has 1 N–H and O–H groups in total. The number of benzene rings is 1. The monoisotopic (exact) mass is 278 g/mol. The maximum atomic E-state index is 6.10. The molecular weight excluding hydrogens is 264 g/mol. The highest BCUT2D eigenvalue weighted by Gasteiger charge is 2.07. The van der Waals surface area contributed by atoms with Crippen molar-refractivity contribution in [1.82, 2.24) is 4.98 Å². The fourth-order valence-electron chi connectivity index (χ4n) is 1.69. The first-order chi connectivity index (χ1) is 8.70. The Balaban J connectivity index is 2.11. The molecule has 0 saturated carbocycles. The van der Waals surface area contributed by atoms with Crippen LogP contribution in [0.15, 0.2) is 47.6 Å². The van der Waals surface area contributed by atoms with E-state index < -0.39 is 0 Å². The van der Waals surface area contributed by atoms with Crippen LogP contribution in [0.25, 0.3) is 0 Å². The third-order valence-electron chi connectivity index (χ3n) is 2.76. The molecule has 1 aromatic heterocycles. The normalized spacial score (nSPS) is 12.2. The van der Waals surface area contributed by atoms with Gasteiger partial charge in [0.25, 0.3) is 0 Å². The van der Waals surface area contributed by atoms with Gasteiger partial charge in [0.05, 0.1) is 16.9 Å². The topological polar surface area (TPSA) is 24.9 Å². The molecule has 1 heterocycles. The van der Waals surface area contributed by atoms with Gasteiger partial charge in [-0.15, -0.1) is 11.8 Å². The van der Waals surface area contributed by atoms with Gasteiger partial charge in [-0.3, -0.25) is 4.98 Å². The Morgan fingerprint density at radius 2 is 1.94 bits per heavy atom. The van der Waals surface area contributed by atoms with Crippen molar-refractivity contribution >= 4 is 29.1 Å². The molecule has 0 radical (unpaired) electrons. The largest absolute Gasteiger partial charge is 0.376 e. The van der Waals surface area contributed by atoms with Crippen molar-refractivity contribution in [2.75, 3.05) is 11.6 Å². The summed E-state index contributed by atoms with van der Waals surface area (Å²) in [5.41, 5.74) is 2.09. The lowest BCUT2D eigenvalue weighted by atomic mass is 10.1. The smallest absolute Gasteiger partial charge is 0.0720 e. The van der Waals surface area contributed by atoms with Crippen LogP contribution in [0.3, 0.4) is 0 Å². The SMILES string of the molecule is CSc1ccc(C(C)Nc2cnccc2Cl)cc1. The molecule has 4 heteroatoms. The van der Waals surface area contributed by atoms with E-state index in [4.69, 9.17) is 11.6 Å². The fraction of sp³-hybridized carbons (Fsp3) is 0.214. The first-order valence-corrected chi connectivity index (χ1v) is 7.31. The highest BCUT2D eigenvalue weighted by Crippen LogP contribution is 2.25. The molecule has 1 unspecified atom stereocenters. The van der Waals surface area contributed by atoms with E-state index in [1.165, 1.54) is 10.5 Å². The van der Waals surface area contributed by atoms with Crippen LogP contribution in [0.2, 0.25) is 5.02 Å². The van der Waals surface area contributed by atoms with E-state index in [1.807, 2.05) is 0 Å². The minimum absolute atomic E-state index is 0.197. The van der Waals surface area contributed by atoms with Crippen molar-refractivity contribution in [2.45, 2.75) is 17.9 Å². The number of hydrogen-bond donors (Lipinski definition) is 1. The Labute approximate surface area is 117 Å². The Hall–Kier alpha value is -1.19. The third-order valence-corrected chi connectivity index (χ3v) is 3.83. The second-order valence-corrected chi connectivity index (χ2v) is 5.28. The van der Waals surface area contributed by atoms with Gasteiger partial charge in [-0.1, -0.05) is 23.7 Å². The summed E-state index contributed by atoms with van der Waals surface area (Å²) in [6.45, 7) is 2.11. The maximum Gasteiger partial charge on any atom is 0.0720 e. The van der Waals surface area contributed by atoms with Gasteiger partial charge in [0.1, 0.15) is 0 Å². The number of aromatic nitrogens is 1. The number of pyridine rings is 1. The Bertz CT molecular complexity index is 513. The van der Waals surface area contributed by atoms with E-state index in [0.29, 0.717) is 5.02 Å². The fourth-order valence-corrected chi connectivity index (χ4v) is 2.26. The standard InChI is InChI=1S/C14H15ClN2S/c1-10(11-3-5-12(18-2)6-4-11)17-14-9-16-8-7-13(14)15/h3-10,17H,1-2H3. The predicted octanol–water partition coefficient (Wildman–Crippen LogP) is 4.63. The molecule has 0 amide bonds. The molecule has 2 nitrogen and oxygen atoms in total. The first kappa shape index (κ1) is 13.2. The quantitative estimate of drug-likeness (QED) is 0.826. The highest BCUT2D eigenvalue weighted by atomic mass is 35.5. The number of nitrogens with one attached hydrogen (secondary N) is 1. The van der Waals surface area contributed by atoms with Gasteiger partial charge < -0.3 is 5.32 Å². The van der Waals surface area contributed by atoms with Crippen LogP contribution >= 0.6 is 23.4 Å². The van der Waals surface area contributed by atoms with Gasteiger partial charge >= 0.3 is 0 Å². The molecule has 0 bridgehead atoms. The molecule has 0 spiro atoms. The van der Waals surface area contributed by atoms with Crippen LogP contribution in [0, 0.1) is 0 Å². The zero-order valence-electron chi connectivity index (χ0n) is 10.4. The summed E-state index contributed by atoms with van der Waals surface area (Å²) in [5.74, 6) is 0. The average molecular weight is 279 g/mol. The van der Waals surface area contributed by atoms with Gasteiger partial charge in [0.15, 0.2) is 0 Å². The Morgan fingerprint density at radius 3 is 2.56 bits per heavy atom. The zero-order valence-corrected chi connectivity index (χ0v) is 11.9. The first-order valence-electron chi connectivity index (χ1n) is 5.70. The molecular formula is C14H15ClN2S. The lowest BCUT2D eigenvalue weighted by Crippen LogP contribution is -2.07. The summed E-state index contributed by atoms with van der Waals surface area (Å²) in [5, 5.41) is 4.05. The molecule has 94 valence electrons. The molecule has 0 aliphatic heterocycles. The molecule has 0 fully saturated rings. The van der Waals surface area contributed by atoms with E-state index >= 15 is 0 Å². The van der Waals surface area contributed by atoms with Crippen LogP contribution < -0.4 is 5.32 Å². The molecule has 1 atom stereocenters. The van der Waals surface area contributed by atoms with Gasteiger partial charge in [-0.2, -0.15) is 0 Å². The van der Waals surface area contributed by atoms with Gasteiger partial charge in [0.2, 0.25) is 0 Å². The maximum absolute atomic E-state index is 6.10. The van der Waals surface area contributed by atoms with Gasteiger partial charge in [0, 0.05) is 17.1 Å². The number of hydrogen-bond acceptors (Lipinski definition) is 3. The summed E-state index contributed by atoms with van der Waals surface area (Å²) >= 11 is 7.84. The van der Waals surface area contributed by atoms with Crippen molar-refractivity contribution in [3.05, 3.63) is 53.3 Å². The van der Waals surface area contributed by atoms with Crippen LogP contribution in [-0.4, -0.2) is 11.2 Å². The van der Waals surface area contributed by atoms with Crippen LogP contribution in [0.4, 0.5) is 5.69 Å². The molecule has 2 rings (SSSR count). The lowest BCUT2D eigenvalue weighted by Gasteiger charge is -2.16. The van der Waals surface area contributed by atoms with Crippen LogP contribution in [-0.2, 0) is 0 Å². The molecule has 18 heavy (non-hydrogen) atoms. The van der Waals surface area contributed by atoms with Crippen molar-refractivity contribution in [1.29, 1.82) is 0 Å². The number of thioether (sulfide) groups is 1. The summed E-state index contributed by atoms with van der Waals surface area (Å²) < 4.78 is 0. The van der Waals surface area contributed by atoms with Gasteiger partial charge in [-0.05, 0) is 36.9 Å². The Morgan fingerprint density at radius 1 is 1.22 bits per heavy atom.